The Kier molecular flexibility index (Phi) is 4.75. The number of nitrogens with zero attached hydrogens (tertiary/aromatic N) is 1. The van der Waals surface area contributed by atoms with Gasteiger partial charge in [0.15, 0.2) is 9.84 Å². The van der Waals surface area contributed by atoms with Crippen LogP contribution in [0.4, 0.5) is 0 Å². The highest BCUT2D eigenvalue weighted by Crippen LogP contribution is 2.24. The molecule has 102 valence electrons. The van der Waals surface area contributed by atoms with Crippen molar-refractivity contribution >= 4 is 21.2 Å². The third-order valence-electron chi connectivity index (χ3n) is 3.37. The summed E-state index contributed by atoms with van der Waals surface area (Å²) in [5, 5.41) is 3.46. The lowest BCUT2D eigenvalue weighted by atomic mass is 9.97. The molecule has 1 N–H and O–H groups in total. The van der Waals surface area contributed by atoms with Gasteiger partial charge in [-0.25, -0.2) is 8.42 Å². The summed E-state index contributed by atoms with van der Waals surface area (Å²) in [5.74, 6) is 1.07. The third kappa shape index (κ3) is 4.03. The van der Waals surface area contributed by atoms with Gasteiger partial charge in [0, 0.05) is 17.1 Å². The van der Waals surface area contributed by atoms with Crippen LogP contribution in [0.15, 0.2) is 11.7 Å². The molecule has 0 aliphatic carbocycles. The van der Waals surface area contributed by atoms with Crippen molar-refractivity contribution in [2.75, 3.05) is 18.1 Å². The van der Waals surface area contributed by atoms with Gasteiger partial charge in [0.2, 0.25) is 0 Å². The van der Waals surface area contributed by atoms with Gasteiger partial charge in [0.25, 0.3) is 0 Å². The molecule has 0 saturated carbocycles. The van der Waals surface area contributed by atoms with Gasteiger partial charge >= 0.3 is 0 Å². The minimum Gasteiger partial charge on any atom is -0.314 e. The predicted molar refractivity (Wildman–Crippen MR) is 74.7 cm³/mol. The molecule has 0 aromatic carbocycles. The summed E-state index contributed by atoms with van der Waals surface area (Å²) in [5.41, 5.74) is 1.85. The van der Waals surface area contributed by atoms with Gasteiger partial charge in [-0.1, -0.05) is 6.92 Å². The number of nitrogens with one attached hydrogen (secondary N) is 1. The second-order valence-electron chi connectivity index (χ2n) is 4.93. The van der Waals surface area contributed by atoms with Gasteiger partial charge in [0.05, 0.1) is 17.0 Å². The Morgan fingerprint density at radius 2 is 2.44 bits per heavy atom. The standard InChI is InChI=1S/C12H20N2O2S2/c1-2-14-11(6-12-7-13-9-17-12)5-10-3-4-18(15,16)8-10/h7,9-11,14H,2-6,8H2,1H3. The SMILES string of the molecule is CCNC(Cc1cncs1)CC1CCS(=O)(=O)C1. The second-order valence-corrected chi connectivity index (χ2v) is 8.13. The highest BCUT2D eigenvalue weighted by molar-refractivity contribution is 7.91. The Morgan fingerprint density at radius 1 is 1.61 bits per heavy atom. The molecule has 0 radical (unpaired) electrons. The summed E-state index contributed by atoms with van der Waals surface area (Å²) in [6.45, 7) is 3.01. The zero-order valence-electron chi connectivity index (χ0n) is 10.6. The molecule has 0 amide bonds. The topological polar surface area (TPSA) is 59.1 Å². The number of likely N-dealkylation sites (N-methyl/N-ethyl adjacent to an activating group) is 1. The van der Waals surface area contributed by atoms with Crippen LogP contribution in [0, 0.1) is 5.92 Å². The minimum atomic E-state index is -2.76. The smallest absolute Gasteiger partial charge is 0.150 e. The van der Waals surface area contributed by atoms with Gasteiger partial charge in [0.1, 0.15) is 0 Å². The quantitative estimate of drug-likeness (QED) is 0.861. The van der Waals surface area contributed by atoms with E-state index in [-0.39, 0.29) is 0 Å². The Morgan fingerprint density at radius 3 is 3.00 bits per heavy atom. The molecule has 2 unspecified atom stereocenters. The second kappa shape index (κ2) is 6.12. The summed E-state index contributed by atoms with van der Waals surface area (Å²) >= 11 is 1.67. The fraction of sp³-hybridized carbons (Fsp3) is 0.750. The van der Waals surface area contributed by atoms with Gasteiger partial charge in [-0.3, -0.25) is 4.98 Å². The minimum absolute atomic E-state index is 0.326. The van der Waals surface area contributed by atoms with E-state index >= 15 is 0 Å². The Labute approximate surface area is 113 Å². The fourth-order valence-electron chi connectivity index (χ4n) is 2.57. The summed E-state index contributed by atoms with van der Waals surface area (Å²) in [6.07, 6.45) is 4.63. The van der Waals surface area contributed by atoms with Gasteiger partial charge < -0.3 is 5.32 Å². The molecular formula is C12H20N2O2S2. The van der Waals surface area contributed by atoms with Crippen LogP contribution in [-0.2, 0) is 16.3 Å². The van der Waals surface area contributed by atoms with Gasteiger partial charge in [-0.2, -0.15) is 0 Å². The molecule has 2 heterocycles. The maximum atomic E-state index is 11.5. The van der Waals surface area contributed by atoms with Crippen LogP contribution in [-0.4, -0.2) is 37.5 Å². The first-order valence-corrected chi connectivity index (χ1v) is 9.10. The number of thiazole rings is 1. The van der Waals surface area contributed by atoms with Crippen molar-refractivity contribution in [3.63, 3.8) is 0 Å². The van der Waals surface area contributed by atoms with E-state index in [1.807, 2.05) is 11.7 Å². The first-order valence-electron chi connectivity index (χ1n) is 6.40. The van der Waals surface area contributed by atoms with Crippen molar-refractivity contribution in [2.45, 2.75) is 32.2 Å². The molecule has 0 spiro atoms. The first kappa shape index (κ1) is 14.0. The van der Waals surface area contributed by atoms with Crippen LogP contribution in [0.3, 0.4) is 0 Å². The maximum Gasteiger partial charge on any atom is 0.150 e. The maximum absolute atomic E-state index is 11.5. The Hall–Kier alpha value is -0.460. The molecule has 1 fully saturated rings. The summed E-state index contributed by atoms with van der Waals surface area (Å²) in [6, 6.07) is 0.369. The molecule has 1 aliphatic heterocycles. The number of hydrogen-bond acceptors (Lipinski definition) is 5. The van der Waals surface area contributed by atoms with Crippen molar-refractivity contribution in [3.05, 3.63) is 16.6 Å². The molecule has 2 rings (SSSR count). The summed E-state index contributed by atoms with van der Waals surface area (Å²) < 4.78 is 22.9. The van der Waals surface area contributed by atoms with E-state index in [0.717, 1.165) is 25.8 Å². The summed E-state index contributed by atoms with van der Waals surface area (Å²) in [7, 11) is -2.76. The average Bonchev–Trinajstić information content (AvgIpc) is 2.89. The molecule has 1 aromatic heterocycles. The Bertz CT molecular complexity index is 456. The normalized spacial score (nSPS) is 24.2. The van der Waals surface area contributed by atoms with Crippen molar-refractivity contribution in [3.8, 4) is 0 Å². The lowest BCUT2D eigenvalue weighted by Crippen LogP contribution is -2.33. The van der Waals surface area contributed by atoms with E-state index in [2.05, 4.69) is 17.2 Å². The first-order chi connectivity index (χ1) is 8.59. The van der Waals surface area contributed by atoms with E-state index in [1.165, 1.54) is 4.88 Å². The van der Waals surface area contributed by atoms with Crippen molar-refractivity contribution in [1.29, 1.82) is 0 Å². The molecule has 6 heteroatoms. The van der Waals surface area contributed by atoms with E-state index in [9.17, 15) is 8.42 Å². The predicted octanol–water partition coefficient (Wildman–Crippen LogP) is 1.49. The molecule has 1 aromatic rings. The van der Waals surface area contributed by atoms with Crippen molar-refractivity contribution < 1.29 is 8.42 Å². The molecule has 1 aliphatic rings. The third-order valence-corrected chi connectivity index (χ3v) is 6.01. The van der Waals surface area contributed by atoms with Crippen LogP contribution in [0.25, 0.3) is 0 Å². The monoisotopic (exact) mass is 288 g/mol. The van der Waals surface area contributed by atoms with E-state index in [1.54, 1.807) is 11.3 Å². The van der Waals surface area contributed by atoms with E-state index < -0.39 is 9.84 Å². The van der Waals surface area contributed by atoms with Crippen LogP contribution < -0.4 is 5.32 Å². The number of hydrogen-bond donors (Lipinski definition) is 1. The molecule has 18 heavy (non-hydrogen) atoms. The lowest BCUT2D eigenvalue weighted by molar-refractivity contribution is 0.410. The van der Waals surface area contributed by atoms with Crippen LogP contribution in [0.2, 0.25) is 0 Å². The largest absolute Gasteiger partial charge is 0.314 e. The number of aromatic nitrogens is 1. The van der Waals surface area contributed by atoms with Crippen LogP contribution in [0.1, 0.15) is 24.6 Å². The molecule has 4 nitrogen and oxygen atoms in total. The van der Waals surface area contributed by atoms with Crippen LogP contribution >= 0.6 is 11.3 Å². The summed E-state index contributed by atoms with van der Waals surface area (Å²) in [4.78, 5) is 5.35. The highest BCUT2D eigenvalue weighted by Gasteiger charge is 2.29. The highest BCUT2D eigenvalue weighted by atomic mass is 32.2. The fourth-order valence-corrected chi connectivity index (χ4v) is 5.13. The average molecular weight is 288 g/mol. The molecule has 2 atom stereocenters. The number of sulfone groups is 1. The Balaban J connectivity index is 1.90. The van der Waals surface area contributed by atoms with Crippen molar-refractivity contribution in [2.24, 2.45) is 5.92 Å². The zero-order valence-corrected chi connectivity index (χ0v) is 12.3. The molecule has 0 bridgehead atoms. The zero-order chi connectivity index (χ0) is 13.0. The van der Waals surface area contributed by atoms with Gasteiger partial charge in [-0.15, -0.1) is 11.3 Å². The van der Waals surface area contributed by atoms with Gasteiger partial charge in [-0.05, 0) is 31.7 Å². The van der Waals surface area contributed by atoms with Crippen molar-refractivity contribution in [1.82, 2.24) is 10.3 Å². The van der Waals surface area contributed by atoms with Crippen LogP contribution in [0.5, 0.6) is 0 Å². The molecule has 1 saturated heterocycles. The molecular weight excluding hydrogens is 268 g/mol. The number of rotatable bonds is 6. The van der Waals surface area contributed by atoms with E-state index in [0.29, 0.717) is 23.5 Å². The lowest BCUT2D eigenvalue weighted by Gasteiger charge is -2.20. The van der Waals surface area contributed by atoms with E-state index in [4.69, 9.17) is 0 Å².